The number of nitrogens with one attached hydrogen (secondary N) is 1. The van der Waals surface area contributed by atoms with Crippen molar-refractivity contribution >= 4 is 33.2 Å². The van der Waals surface area contributed by atoms with Crippen molar-refractivity contribution in [3.63, 3.8) is 0 Å². The Hall–Kier alpha value is -2.09. The maximum atomic E-state index is 12.7. The number of hydrogen-bond acceptors (Lipinski definition) is 4. The lowest BCUT2D eigenvalue weighted by atomic mass is 10.2. The van der Waals surface area contributed by atoms with Crippen LogP contribution in [0.3, 0.4) is 0 Å². The summed E-state index contributed by atoms with van der Waals surface area (Å²) in [5.74, 6) is -0.314. The fourth-order valence-electron chi connectivity index (χ4n) is 2.29. The number of carbonyl (C=O) groups excluding carboxylic acids is 1. The quantitative estimate of drug-likeness (QED) is 0.696. The number of anilines is 1. The van der Waals surface area contributed by atoms with Crippen molar-refractivity contribution in [2.75, 3.05) is 31.6 Å². The SMILES string of the molecule is COCCCNC(=O)c1ccc(N(C)S(=O)(=O)c2ccccc2)cc1Cl. The summed E-state index contributed by atoms with van der Waals surface area (Å²) >= 11 is 6.20. The van der Waals surface area contributed by atoms with E-state index < -0.39 is 10.0 Å². The molecule has 0 aliphatic heterocycles. The highest BCUT2D eigenvalue weighted by molar-refractivity contribution is 7.92. The van der Waals surface area contributed by atoms with E-state index in [2.05, 4.69) is 5.32 Å². The van der Waals surface area contributed by atoms with E-state index >= 15 is 0 Å². The molecule has 1 amide bonds. The van der Waals surface area contributed by atoms with Crippen molar-refractivity contribution in [2.45, 2.75) is 11.3 Å². The summed E-state index contributed by atoms with van der Waals surface area (Å²) in [6.07, 6.45) is 0.690. The van der Waals surface area contributed by atoms with Crippen LogP contribution in [0.1, 0.15) is 16.8 Å². The molecule has 2 rings (SSSR count). The van der Waals surface area contributed by atoms with Crippen molar-refractivity contribution in [1.29, 1.82) is 0 Å². The van der Waals surface area contributed by atoms with Crippen molar-refractivity contribution in [3.8, 4) is 0 Å². The number of halogens is 1. The molecule has 8 heteroatoms. The lowest BCUT2D eigenvalue weighted by Crippen LogP contribution is -2.27. The zero-order valence-corrected chi connectivity index (χ0v) is 16.2. The lowest BCUT2D eigenvalue weighted by Gasteiger charge is -2.20. The van der Waals surface area contributed by atoms with Crippen molar-refractivity contribution in [3.05, 3.63) is 59.1 Å². The number of hydrogen-bond donors (Lipinski definition) is 1. The third-order valence-electron chi connectivity index (χ3n) is 3.77. The minimum absolute atomic E-state index is 0.179. The minimum atomic E-state index is -3.70. The summed E-state index contributed by atoms with van der Waals surface area (Å²) in [6, 6.07) is 12.6. The second-order valence-electron chi connectivity index (χ2n) is 5.55. The van der Waals surface area contributed by atoms with Crippen LogP contribution >= 0.6 is 11.6 Å². The van der Waals surface area contributed by atoms with E-state index in [-0.39, 0.29) is 15.8 Å². The van der Waals surface area contributed by atoms with Gasteiger partial charge in [-0.25, -0.2) is 8.42 Å². The Balaban J connectivity index is 2.17. The number of methoxy groups -OCH3 is 1. The summed E-state index contributed by atoms with van der Waals surface area (Å²) in [5, 5.41) is 2.93. The molecule has 0 atom stereocenters. The highest BCUT2D eigenvalue weighted by Gasteiger charge is 2.22. The van der Waals surface area contributed by atoms with Crippen LogP contribution in [0.2, 0.25) is 5.02 Å². The molecule has 0 fully saturated rings. The predicted molar refractivity (Wildman–Crippen MR) is 102 cm³/mol. The maximum Gasteiger partial charge on any atom is 0.264 e. The molecule has 2 aromatic rings. The Kier molecular flexibility index (Phi) is 7.02. The van der Waals surface area contributed by atoms with E-state index in [9.17, 15) is 13.2 Å². The highest BCUT2D eigenvalue weighted by atomic mass is 35.5. The Bertz CT molecular complexity index is 857. The average Bonchev–Trinajstić information content (AvgIpc) is 2.65. The first-order valence-corrected chi connectivity index (χ1v) is 9.80. The van der Waals surface area contributed by atoms with Crippen LogP contribution in [0.15, 0.2) is 53.4 Å². The van der Waals surface area contributed by atoms with Gasteiger partial charge in [-0.15, -0.1) is 0 Å². The molecule has 0 radical (unpaired) electrons. The van der Waals surface area contributed by atoms with Crippen molar-refractivity contribution < 1.29 is 17.9 Å². The third kappa shape index (κ3) is 4.75. The zero-order valence-electron chi connectivity index (χ0n) is 14.6. The highest BCUT2D eigenvalue weighted by Crippen LogP contribution is 2.27. The van der Waals surface area contributed by atoms with E-state index in [1.807, 2.05) is 0 Å². The van der Waals surface area contributed by atoms with Gasteiger partial charge >= 0.3 is 0 Å². The van der Waals surface area contributed by atoms with Crippen LogP contribution < -0.4 is 9.62 Å². The molecule has 0 heterocycles. The standard InChI is InChI=1S/C18H21ClN2O4S/c1-21(26(23,24)15-7-4-3-5-8-15)14-9-10-16(17(19)13-14)18(22)20-11-6-12-25-2/h3-5,7-10,13H,6,11-12H2,1-2H3,(H,20,22). The van der Waals surface area contributed by atoms with Crippen LogP contribution in [-0.4, -0.2) is 41.6 Å². The fourth-order valence-corrected chi connectivity index (χ4v) is 3.76. The van der Waals surface area contributed by atoms with Crippen LogP contribution in [0.4, 0.5) is 5.69 Å². The molecule has 0 saturated heterocycles. The zero-order chi connectivity index (χ0) is 19.2. The number of nitrogens with zero attached hydrogens (tertiary/aromatic N) is 1. The topological polar surface area (TPSA) is 75.7 Å². The third-order valence-corrected chi connectivity index (χ3v) is 5.89. The summed E-state index contributed by atoms with van der Waals surface area (Å²) in [7, 11) is -0.665. The monoisotopic (exact) mass is 396 g/mol. The maximum absolute atomic E-state index is 12.7. The summed E-state index contributed by atoms with van der Waals surface area (Å²) in [6.45, 7) is 1.02. The van der Waals surface area contributed by atoms with Crippen LogP contribution in [-0.2, 0) is 14.8 Å². The number of amides is 1. The average molecular weight is 397 g/mol. The molecule has 1 N–H and O–H groups in total. The second-order valence-corrected chi connectivity index (χ2v) is 7.93. The van der Waals surface area contributed by atoms with Crippen LogP contribution in [0.25, 0.3) is 0 Å². The van der Waals surface area contributed by atoms with Gasteiger partial charge < -0.3 is 10.1 Å². The molecule has 0 bridgehead atoms. The summed E-state index contributed by atoms with van der Waals surface area (Å²) in [4.78, 5) is 12.3. The van der Waals surface area contributed by atoms with E-state index in [1.54, 1.807) is 31.4 Å². The first-order chi connectivity index (χ1) is 12.4. The molecule has 0 aliphatic rings. The molecule has 0 aromatic heterocycles. The number of carbonyl (C=O) groups is 1. The van der Waals surface area contributed by atoms with Crippen molar-refractivity contribution in [1.82, 2.24) is 5.32 Å². The molecule has 0 aliphatic carbocycles. The molecule has 6 nitrogen and oxygen atoms in total. The summed E-state index contributed by atoms with van der Waals surface area (Å²) in [5.41, 5.74) is 0.660. The van der Waals surface area contributed by atoms with Gasteiger partial charge in [0, 0.05) is 27.3 Å². The Morgan fingerprint density at radius 1 is 1.19 bits per heavy atom. The van der Waals surface area contributed by atoms with Gasteiger partial charge in [-0.1, -0.05) is 29.8 Å². The van der Waals surface area contributed by atoms with Gasteiger partial charge in [-0.05, 0) is 36.8 Å². The van der Waals surface area contributed by atoms with E-state index in [0.29, 0.717) is 30.8 Å². The van der Waals surface area contributed by atoms with Gasteiger partial charge in [0.25, 0.3) is 15.9 Å². The smallest absolute Gasteiger partial charge is 0.264 e. The second kappa shape index (κ2) is 9.02. The Morgan fingerprint density at radius 3 is 2.50 bits per heavy atom. The normalized spacial score (nSPS) is 11.2. The molecule has 0 unspecified atom stereocenters. The minimum Gasteiger partial charge on any atom is -0.385 e. The molecule has 140 valence electrons. The van der Waals surface area contributed by atoms with E-state index in [4.69, 9.17) is 16.3 Å². The van der Waals surface area contributed by atoms with Crippen LogP contribution in [0, 0.1) is 0 Å². The molecule has 2 aromatic carbocycles. The number of sulfonamides is 1. The van der Waals surface area contributed by atoms with E-state index in [0.717, 1.165) is 4.31 Å². The first-order valence-electron chi connectivity index (χ1n) is 7.98. The summed E-state index contributed by atoms with van der Waals surface area (Å²) < 4.78 is 31.4. The number of ether oxygens (including phenoxy) is 1. The fraction of sp³-hybridized carbons (Fsp3) is 0.278. The molecular weight excluding hydrogens is 376 g/mol. The van der Waals surface area contributed by atoms with E-state index in [1.165, 1.54) is 31.3 Å². The van der Waals surface area contributed by atoms with Gasteiger partial charge in [0.05, 0.1) is 21.2 Å². The molecule has 26 heavy (non-hydrogen) atoms. The van der Waals surface area contributed by atoms with Crippen LogP contribution in [0.5, 0.6) is 0 Å². The van der Waals surface area contributed by atoms with Gasteiger partial charge in [0.2, 0.25) is 0 Å². The van der Waals surface area contributed by atoms with Gasteiger partial charge in [-0.3, -0.25) is 9.10 Å². The first kappa shape index (κ1) is 20.2. The molecule has 0 spiro atoms. The lowest BCUT2D eigenvalue weighted by molar-refractivity contribution is 0.0949. The van der Waals surface area contributed by atoms with Gasteiger partial charge in [-0.2, -0.15) is 0 Å². The predicted octanol–water partition coefficient (Wildman–Crippen LogP) is 2.93. The number of benzene rings is 2. The Labute approximate surface area is 158 Å². The van der Waals surface area contributed by atoms with Gasteiger partial charge in [0.1, 0.15) is 0 Å². The largest absolute Gasteiger partial charge is 0.385 e. The molecular formula is C18H21ClN2O4S. The Morgan fingerprint density at radius 2 is 1.88 bits per heavy atom. The molecule has 0 saturated carbocycles. The van der Waals surface area contributed by atoms with Gasteiger partial charge in [0.15, 0.2) is 0 Å². The number of rotatable bonds is 8. The van der Waals surface area contributed by atoms with Crippen molar-refractivity contribution in [2.24, 2.45) is 0 Å².